The first kappa shape index (κ1) is 30.8. The highest BCUT2D eigenvalue weighted by atomic mass is 16.7. The van der Waals surface area contributed by atoms with Crippen LogP contribution in [0.3, 0.4) is 0 Å². The number of hydrogen-bond acceptors (Lipinski definition) is 4. The lowest BCUT2D eigenvalue weighted by atomic mass is 10.0. The van der Waals surface area contributed by atoms with Gasteiger partial charge < -0.3 is 18.9 Å². The zero-order valence-corrected chi connectivity index (χ0v) is 21.8. The minimum absolute atomic E-state index is 0.0862. The minimum Gasteiger partial charge on any atom is -0.379 e. The molecule has 0 heterocycles. The molecule has 0 amide bonds. The summed E-state index contributed by atoms with van der Waals surface area (Å²) >= 11 is 0. The SMILES string of the molecule is CCCCCCCCCCCOCCOCC(CC)OC(C)OCC(CC)CCCC. The Morgan fingerprint density at radius 1 is 0.581 bits per heavy atom. The van der Waals surface area contributed by atoms with Crippen LogP contribution >= 0.6 is 0 Å². The molecule has 0 aliphatic heterocycles. The lowest BCUT2D eigenvalue weighted by Gasteiger charge is -2.23. The maximum Gasteiger partial charge on any atom is 0.155 e. The quantitative estimate of drug-likeness (QED) is 0.106. The van der Waals surface area contributed by atoms with Gasteiger partial charge in [-0.2, -0.15) is 0 Å². The maximum absolute atomic E-state index is 6.02. The van der Waals surface area contributed by atoms with Crippen molar-refractivity contribution in [2.75, 3.05) is 33.0 Å². The van der Waals surface area contributed by atoms with Crippen molar-refractivity contribution in [3.05, 3.63) is 0 Å². The summed E-state index contributed by atoms with van der Waals surface area (Å²) in [5.41, 5.74) is 0. The highest BCUT2D eigenvalue weighted by Gasteiger charge is 2.14. The van der Waals surface area contributed by atoms with Crippen molar-refractivity contribution in [2.24, 2.45) is 5.92 Å². The van der Waals surface area contributed by atoms with Gasteiger partial charge in [-0.05, 0) is 32.1 Å². The van der Waals surface area contributed by atoms with Crippen LogP contribution in [-0.4, -0.2) is 45.4 Å². The fourth-order valence-electron chi connectivity index (χ4n) is 3.68. The first-order valence-electron chi connectivity index (χ1n) is 13.6. The van der Waals surface area contributed by atoms with Crippen molar-refractivity contribution in [1.29, 1.82) is 0 Å². The molecule has 0 aromatic rings. The fourth-order valence-corrected chi connectivity index (χ4v) is 3.68. The normalized spacial score (nSPS) is 14.6. The van der Waals surface area contributed by atoms with Crippen LogP contribution < -0.4 is 0 Å². The summed E-state index contributed by atoms with van der Waals surface area (Å²) in [6, 6.07) is 0. The molecule has 0 radical (unpaired) electrons. The molecule has 0 N–H and O–H groups in total. The van der Waals surface area contributed by atoms with Gasteiger partial charge >= 0.3 is 0 Å². The number of hydrogen-bond donors (Lipinski definition) is 0. The molecule has 0 bridgehead atoms. The van der Waals surface area contributed by atoms with E-state index in [1.54, 1.807) is 0 Å². The second-order valence-electron chi connectivity index (χ2n) is 9.00. The van der Waals surface area contributed by atoms with Crippen LogP contribution in [0.1, 0.15) is 125 Å². The van der Waals surface area contributed by atoms with Gasteiger partial charge in [0.1, 0.15) is 0 Å². The van der Waals surface area contributed by atoms with Crippen LogP contribution in [0, 0.1) is 5.92 Å². The van der Waals surface area contributed by atoms with E-state index in [-0.39, 0.29) is 12.4 Å². The van der Waals surface area contributed by atoms with E-state index in [0.29, 0.717) is 25.7 Å². The number of unbranched alkanes of at least 4 members (excludes halogenated alkanes) is 9. The Kier molecular flexibility index (Phi) is 24.4. The Bertz CT molecular complexity index is 337. The molecule has 3 unspecified atom stereocenters. The predicted octanol–water partition coefficient (Wildman–Crippen LogP) is 7.92. The highest BCUT2D eigenvalue weighted by Crippen LogP contribution is 2.15. The second-order valence-corrected chi connectivity index (χ2v) is 9.00. The van der Waals surface area contributed by atoms with Crippen molar-refractivity contribution >= 4 is 0 Å². The fraction of sp³-hybridized carbons (Fsp3) is 1.00. The Balaban J connectivity index is 3.55. The molecule has 4 nitrogen and oxygen atoms in total. The molecule has 0 aromatic carbocycles. The third kappa shape index (κ3) is 21.4. The molecule has 31 heavy (non-hydrogen) atoms. The van der Waals surface area contributed by atoms with E-state index in [9.17, 15) is 0 Å². The topological polar surface area (TPSA) is 36.9 Å². The summed E-state index contributed by atoms with van der Waals surface area (Å²) in [7, 11) is 0. The van der Waals surface area contributed by atoms with Crippen LogP contribution in [-0.2, 0) is 18.9 Å². The Morgan fingerprint density at radius 2 is 1.19 bits per heavy atom. The van der Waals surface area contributed by atoms with Gasteiger partial charge in [-0.3, -0.25) is 0 Å². The first-order chi connectivity index (χ1) is 15.2. The highest BCUT2D eigenvalue weighted by molar-refractivity contribution is 4.58. The van der Waals surface area contributed by atoms with Crippen molar-refractivity contribution in [3.8, 4) is 0 Å². The average molecular weight is 445 g/mol. The zero-order chi connectivity index (χ0) is 23.0. The van der Waals surface area contributed by atoms with Crippen molar-refractivity contribution < 1.29 is 18.9 Å². The van der Waals surface area contributed by atoms with E-state index in [0.717, 1.165) is 19.6 Å². The van der Waals surface area contributed by atoms with Gasteiger partial charge in [-0.1, -0.05) is 98.3 Å². The Labute approximate surface area is 195 Å². The summed E-state index contributed by atoms with van der Waals surface area (Å²) in [4.78, 5) is 0. The van der Waals surface area contributed by atoms with Gasteiger partial charge in [0.25, 0.3) is 0 Å². The molecule has 0 saturated heterocycles. The molecule has 0 fully saturated rings. The standard InChI is InChI=1S/C27H56O4/c1-6-10-12-13-14-15-16-17-18-20-28-21-22-29-24-27(9-4)31-25(5)30-23-26(8-3)19-11-7-2/h25-27H,6-24H2,1-5H3. The first-order valence-corrected chi connectivity index (χ1v) is 13.6. The van der Waals surface area contributed by atoms with E-state index in [1.807, 2.05) is 6.92 Å². The third-order valence-corrected chi connectivity index (χ3v) is 6.02. The van der Waals surface area contributed by atoms with Gasteiger partial charge in [-0.15, -0.1) is 0 Å². The van der Waals surface area contributed by atoms with Crippen molar-refractivity contribution in [1.82, 2.24) is 0 Å². The van der Waals surface area contributed by atoms with E-state index in [4.69, 9.17) is 18.9 Å². The van der Waals surface area contributed by atoms with Crippen LogP contribution in [0.2, 0.25) is 0 Å². The molecule has 0 aliphatic carbocycles. The van der Waals surface area contributed by atoms with Crippen LogP contribution in [0.15, 0.2) is 0 Å². The largest absolute Gasteiger partial charge is 0.379 e. The third-order valence-electron chi connectivity index (χ3n) is 6.02. The van der Waals surface area contributed by atoms with E-state index in [1.165, 1.54) is 83.5 Å². The van der Waals surface area contributed by atoms with Gasteiger partial charge in [0.05, 0.1) is 32.5 Å². The molecule has 0 saturated carbocycles. The Hall–Kier alpha value is -0.160. The molecule has 0 aromatic heterocycles. The summed E-state index contributed by atoms with van der Waals surface area (Å²) in [5, 5.41) is 0. The average Bonchev–Trinajstić information content (AvgIpc) is 2.78. The minimum atomic E-state index is -0.174. The smallest absolute Gasteiger partial charge is 0.155 e. The zero-order valence-electron chi connectivity index (χ0n) is 21.8. The molecule has 4 heteroatoms. The summed E-state index contributed by atoms with van der Waals surface area (Å²) in [6.45, 7) is 14.5. The van der Waals surface area contributed by atoms with Crippen LogP contribution in [0.5, 0.6) is 0 Å². The molecule has 0 rings (SSSR count). The number of ether oxygens (including phenoxy) is 4. The van der Waals surface area contributed by atoms with Crippen molar-refractivity contribution in [3.63, 3.8) is 0 Å². The van der Waals surface area contributed by atoms with E-state index in [2.05, 4.69) is 27.7 Å². The van der Waals surface area contributed by atoms with E-state index >= 15 is 0 Å². The molecular weight excluding hydrogens is 388 g/mol. The lowest BCUT2D eigenvalue weighted by molar-refractivity contribution is -0.179. The van der Waals surface area contributed by atoms with E-state index < -0.39 is 0 Å². The molecule has 0 spiro atoms. The number of rotatable bonds is 25. The molecule has 0 aliphatic rings. The van der Waals surface area contributed by atoms with Gasteiger partial charge in [0.15, 0.2) is 6.29 Å². The van der Waals surface area contributed by atoms with Gasteiger partial charge in [-0.25, -0.2) is 0 Å². The predicted molar refractivity (Wildman–Crippen MR) is 133 cm³/mol. The lowest BCUT2D eigenvalue weighted by Crippen LogP contribution is -2.28. The van der Waals surface area contributed by atoms with Gasteiger partial charge in [0, 0.05) is 6.61 Å². The van der Waals surface area contributed by atoms with Gasteiger partial charge in [0.2, 0.25) is 0 Å². The molecular formula is C27H56O4. The second kappa shape index (κ2) is 24.5. The molecule has 3 atom stereocenters. The Morgan fingerprint density at radius 3 is 1.81 bits per heavy atom. The van der Waals surface area contributed by atoms with Crippen LogP contribution in [0.4, 0.5) is 0 Å². The molecule has 188 valence electrons. The summed E-state index contributed by atoms with van der Waals surface area (Å²) in [5.74, 6) is 0.644. The maximum atomic E-state index is 6.02. The monoisotopic (exact) mass is 444 g/mol. The summed E-state index contributed by atoms with van der Waals surface area (Å²) in [6.07, 6.45) is 17.9. The van der Waals surface area contributed by atoms with Crippen LogP contribution in [0.25, 0.3) is 0 Å². The van der Waals surface area contributed by atoms with Crippen molar-refractivity contribution in [2.45, 2.75) is 137 Å². The summed E-state index contributed by atoms with van der Waals surface area (Å²) < 4.78 is 23.5.